The molecule has 0 radical (unpaired) electrons. The average Bonchev–Trinajstić information content (AvgIpc) is 2.20. The predicted molar refractivity (Wildman–Crippen MR) is 59.7 cm³/mol. The van der Waals surface area contributed by atoms with E-state index >= 15 is 0 Å². The molecule has 0 aromatic rings. The maximum absolute atomic E-state index is 11.4. The summed E-state index contributed by atoms with van der Waals surface area (Å²) in [6.45, 7) is 5.39. The van der Waals surface area contributed by atoms with Crippen LogP contribution in [0.15, 0.2) is 0 Å². The van der Waals surface area contributed by atoms with Gasteiger partial charge in [-0.05, 0) is 32.9 Å². The fourth-order valence-electron chi connectivity index (χ4n) is 1.79. The largest absolute Gasteiger partial charge is 0.466 e. The van der Waals surface area contributed by atoms with E-state index in [9.17, 15) is 4.79 Å². The molecule has 0 aliphatic carbocycles. The first-order valence-electron chi connectivity index (χ1n) is 5.27. The fourth-order valence-corrected chi connectivity index (χ4v) is 2.08. The Morgan fingerprint density at radius 3 is 2.64 bits per heavy atom. The van der Waals surface area contributed by atoms with Gasteiger partial charge in [-0.2, -0.15) is 12.6 Å². The molecule has 0 amide bonds. The first-order chi connectivity index (χ1) is 6.77. The molecule has 0 N–H and O–H groups in total. The third-order valence-corrected chi connectivity index (χ3v) is 2.82. The van der Waals surface area contributed by atoms with Crippen LogP contribution in [0.4, 0.5) is 0 Å². The third-order valence-electron chi connectivity index (χ3n) is 2.62. The van der Waals surface area contributed by atoms with E-state index in [1.54, 1.807) is 0 Å². The molecule has 1 fully saturated rings. The topological polar surface area (TPSA) is 29.5 Å². The Morgan fingerprint density at radius 1 is 1.50 bits per heavy atom. The first kappa shape index (κ1) is 11.9. The molecule has 1 aliphatic heterocycles. The second kappa shape index (κ2) is 6.30. The van der Waals surface area contributed by atoms with Crippen LogP contribution in [0.2, 0.25) is 0 Å². The van der Waals surface area contributed by atoms with Crippen molar-refractivity contribution in [1.29, 1.82) is 0 Å². The zero-order valence-electron chi connectivity index (χ0n) is 8.74. The van der Waals surface area contributed by atoms with Gasteiger partial charge in [-0.25, -0.2) is 0 Å². The van der Waals surface area contributed by atoms with Crippen molar-refractivity contribution < 1.29 is 9.53 Å². The lowest BCUT2D eigenvalue weighted by atomic mass is 9.97. The quantitative estimate of drug-likeness (QED) is 0.566. The molecule has 0 aromatic heterocycles. The number of rotatable bonds is 4. The van der Waals surface area contributed by atoms with Gasteiger partial charge in [0.1, 0.15) is 0 Å². The number of carbonyl (C=O) groups is 1. The Balaban J connectivity index is 2.24. The number of hydrogen-bond acceptors (Lipinski definition) is 4. The summed E-state index contributed by atoms with van der Waals surface area (Å²) in [4.78, 5) is 13.8. The van der Waals surface area contributed by atoms with Crippen LogP contribution in [0, 0.1) is 5.92 Å². The van der Waals surface area contributed by atoms with E-state index < -0.39 is 0 Å². The highest BCUT2D eigenvalue weighted by atomic mass is 32.1. The van der Waals surface area contributed by atoms with Crippen molar-refractivity contribution in [1.82, 2.24) is 4.90 Å². The number of carbonyl (C=O) groups excluding carboxylic acids is 1. The van der Waals surface area contributed by atoms with Crippen molar-refractivity contribution in [2.75, 3.05) is 32.0 Å². The van der Waals surface area contributed by atoms with E-state index in [-0.39, 0.29) is 11.9 Å². The van der Waals surface area contributed by atoms with Crippen molar-refractivity contribution in [3.05, 3.63) is 0 Å². The van der Waals surface area contributed by atoms with Crippen LogP contribution in [0.25, 0.3) is 0 Å². The number of nitrogens with zero attached hydrogens (tertiary/aromatic N) is 1. The van der Waals surface area contributed by atoms with Crippen molar-refractivity contribution in [2.24, 2.45) is 5.92 Å². The lowest BCUT2D eigenvalue weighted by molar-refractivity contribution is -0.149. The molecule has 0 atom stereocenters. The zero-order valence-corrected chi connectivity index (χ0v) is 9.63. The van der Waals surface area contributed by atoms with Gasteiger partial charge in [-0.15, -0.1) is 0 Å². The summed E-state index contributed by atoms with van der Waals surface area (Å²) in [6, 6.07) is 0. The molecule has 0 unspecified atom stereocenters. The summed E-state index contributed by atoms with van der Waals surface area (Å²) >= 11 is 4.19. The van der Waals surface area contributed by atoms with Crippen LogP contribution >= 0.6 is 12.6 Å². The van der Waals surface area contributed by atoms with Gasteiger partial charge in [-0.1, -0.05) is 0 Å². The Labute approximate surface area is 91.2 Å². The molecule has 1 aliphatic rings. The molecule has 0 aromatic carbocycles. The molecule has 0 bridgehead atoms. The highest BCUT2D eigenvalue weighted by Crippen LogP contribution is 2.18. The second-order valence-electron chi connectivity index (χ2n) is 3.59. The van der Waals surface area contributed by atoms with Gasteiger partial charge in [0.15, 0.2) is 0 Å². The molecular formula is C10H19NO2S. The van der Waals surface area contributed by atoms with E-state index in [1.807, 2.05) is 6.92 Å². The minimum Gasteiger partial charge on any atom is -0.466 e. The third kappa shape index (κ3) is 3.50. The minimum atomic E-state index is -0.0157. The molecule has 0 spiro atoms. The van der Waals surface area contributed by atoms with Gasteiger partial charge in [0.2, 0.25) is 0 Å². The summed E-state index contributed by atoms with van der Waals surface area (Å²) in [5.41, 5.74) is 0. The van der Waals surface area contributed by atoms with Crippen LogP contribution in [-0.4, -0.2) is 42.9 Å². The smallest absolute Gasteiger partial charge is 0.309 e. The molecule has 14 heavy (non-hydrogen) atoms. The normalized spacial score (nSPS) is 19.6. The van der Waals surface area contributed by atoms with Crippen molar-refractivity contribution >= 4 is 18.6 Å². The van der Waals surface area contributed by atoms with Crippen LogP contribution in [0.5, 0.6) is 0 Å². The maximum Gasteiger partial charge on any atom is 0.309 e. The van der Waals surface area contributed by atoms with E-state index in [4.69, 9.17) is 4.74 Å². The molecule has 3 nitrogen and oxygen atoms in total. The Morgan fingerprint density at radius 2 is 2.14 bits per heavy atom. The molecule has 4 heteroatoms. The Hall–Kier alpha value is -0.220. The van der Waals surface area contributed by atoms with Gasteiger partial charge in [0.25, 0.3) is 0 Å². The molecular weight excluding hydrogens is 198 g/mol. The fraction of sp³-hybridized carbons (Fsp3) is 0.900. The summed E-state index contributed by atoms with van der Waals surface area (Å²) in [6.07, 6.45) is 1.87. The Bertz CT molecular complexity index is 179. The number of thiol groups is 1. The van der Waals surface area contributed by atoms with E-state index in [2.05, 4.69) is 17.5 Å². The number of hydrogen-bond donors (Lipinski definition) is 1. The molecule has 0 saturated carbocycles. The molecule has 1 heterocycles. The summed E-state index contributed by atoms with van der Waals surface area (Å²) in [7, 11) is 0. The summed E-state index contributed by atoms with van der Waals surface area (Å²) in [5.74, 6) is 1.01. The molecule has 1 saturated heterocycles. The second-order valence-corrected chi connectivity index (χ2v) is 4.04. The SMILES string of the molecule is CCOC(=O)C1CCN(CCS)CC1. The number of likely N-dealkylation sites (tertiary alicyclic amines) is 1. The number of piperidine rings is 1. The molecule has 82 valence electrons. The maximum atomic E-state index is 11.4. The average molecular weight is 217 g/mol. The van der Waals surface area contributed by atoms with Crippen molar-refractivity contribution in [2.45, 2.75) is 19.8 Å². The van der Waals surface area contributed by atoms with Crippen LogP contribution in [0.3, 0.4) is 0 Å². The lowest BCUT2D eigenvalue weighted by Crippen LogP contribution is -2.37. The van der Waals surface area contributed by atoms with Crippen molar-refractivity contribution in [3.63, 3.8) is 0 Å². The standard InChI is InChI=1S/C10H19NO2S/c1-2-13-10(12)9-3-5-11(6-4-9)7-8-14/h9,14H,2-8H2,1H3. The zero-order chi connectivity index (χ0) is 10.4. The predicted octanol–water partition coefficient (Wildman–Crippen LogP) is 1.19. The lowest BCUT2D eigenvalue weighted by Gasteiger charge is -2.30. The van der Waals surface area contributed by atoms with Gasteiger partial charge in [0.05, 0.1) is 12.5 Å². The first-order valence-corrected chi connectivity index (χ1v) is 5.91. The van der Waals surface area contributed by atoms with Gasteiger partial charge < -0.3 is 9.64 Å². The van der Waals surface area contributed by atoms with Crippen LogP contribution in [-0.2, 0) is 9.53 Å². The number of ether oxygens (including phenoxy) is 1. The van der Waals surface area contributed by atoms with Gasteiger partial charge in [-0.3, -0.25) is 4.79 Å². The highest BCUT2D eigenvalue weighted by Gasteiger charge is 2.25. The Kier molecular flexibility index (Phi) is 5.33. The molecule has 1 rings (SSSR count). The van der Waals surface area contributed by atoms with E-state index in [0.29, 0.717) is 6.61 Å². The van der Waals surface area contributed by atoms with E-state index in [0.717, 1.165) is 38.2 Å². The van der Waals surface area contributed by atoms with Crippen LogP contribution < -0.4 is 0 Å². The number of esters is 1. The monoisotopic (exact) mass is 217 g/mol. The minimum absolute atomic E-state index is 0.0157. The van der Waals surface area contributed by atoms with E-state index in [1.165, 1.54) is 0 Å². The van der Waals surface area contributed by atoms with Crippen molar-refractivity contribution in [3.8, 4) is 0 Å². The summed E-state index contributed by atoms with van der Waals surface area (Å²) in [5, 5.41) is 0. The van der Waals surface area contributed by atoms with Gasteiger partial charge >= 0.3 is 5.97 Å². The van der Waals surface area contributed by atoms with Crippen LogP contribution in [0.1, 0.15) is 19.8 Å². The summed E-state index contributed by atoms with van der Waals surface area (Å²) < 4.78 is 5.00. The highest BCUT2D eigenvalue weighted by molar-refractivity contribution is 7.80. The van der Waals surface area contributed by atoms with Gasteiger partial charge in [0, 0.05) is 12.3 Å².